The predicted octanol–water partition coefficient (Wildman–Crippen LogP) is 0.0971. The summed E-state index contributed by atoms with van der Waals surface area (Å²) >= 11 is 0. The first kappa shape index (κ1) is 37.8. The summed E-state index contributed by atoms with van der Waals surface area (Å²) in [5, 5.41) is 0. The number of hydrogen-bond donors (Lipinski definition) is 0. The first-order valence-corrected chi connectivity index (χ1v) is 0. The molecule has 0 fully saturated rings. The molecule has 0 saturated heterocycles. The van der Waals surface area contributed by atoms with Gasteiger partial charge in [0.05, 0.1) is 0 Å². The fraction of sp³-hybridized carbons (Fsp3) is 0. The van der Waals surface area contributed by atoms with Crippen LogP contribution in [0.25, 0.3) is 0 Å². The summed E-state index contributed by atoms with van der Waals surface area (Å²) in [6.07, 6.45) is 0. The van der Waals surface area contributed by atoms with E-state index in [2.05, 4.69) is 0 Å². The van der Waals surface area contributed by atoms with Crippen LogP contribution in [0.1, 0.15) is 0 Å². The molecule has 0 amide bonds. The SMILES string of the molecule is [Fe].[P].[Sb].[Si]. The molecule has 0 spiro atoms. The van der Waals surface area contributed by atoms with E-state index in [1.165, 1.54) is 0 Å². The molecule has 0 rings (SSSR count). The molecule has 0 N–H and O–H groups in total. The van der Waals surface area contributed by atoms with Gasteiger partial charge in [-0.3, -0.25) is 0 Å². The minimum atomic E-state index is 0. The standard InChI is InChI=1S/Fe.P.Sb.Si. The van der Waals surface area contributed by atoms with Crippen molar-refractivity contribution in [1.29, 1.82) is 0 Å². The summed E-state index contributed by atoms with van der Waals surface area (Å²) in [6.45, 7) is 0. The van der Waals surface area contributed by atoms with Crippen LogP contribution in [0, 0.1) is 0 Å². The Bertz CT molecular complexity index is 8.00. The first-order chi connectivity index (χ1) is 0. The zero-order chi connectivity index (χ0) is 0. The third-order valence-corrected chi connectivity index (χ3v) is 0. The van der Waals surface area contributed by atoms with Gasteiger partial charge in [-0.2, -0.15) is 0 Å². The number of hydrogen-bond acceptors (Lipinski definition) is 0. The minimum absolute atomic E-state index is 0. The Labute approximate surface area is 62.1 Å². The van der Waals surface area contributed by atoms with Crippen molar-refractivity contribution in [2.75, 3.05) is 0 Å². The Hall–Kier alpha value is 1.98. The molecule has 10 radical (unpaired) electrons. The van der Waals surface area contributed by atoms with Gasteiger partial charge in [0.1, 0.15) is 0 Å². The van der Waals surface area contributed by atoms with E-state index in [-0.39, 0.29) is 62.4 Å². The molecule has 0 aromatic carbocycles. The van der Waals surface area contributed by atoms with Crippen molar-refractivity contribution in [2.45, 2.75) is 0 Å². The first-order valence-electron chi connectivity index (χ1n) is 0. The van der Waals surface area contributed by atoms with Crippen LogP contribution in [0.15, 0.2) is 0 Å². The maximum Gasteiger partial charge on any atom is 0 e. The average molecular weight is 237 g/mol. The van der Waals surface area contributed by atoms with E-state index in [1.54, 1.807) is 0 Å². The van der Waals surface area contributed by atoms with Gasteiger partial charge < -0.3 is 0 Å². The maximum absolute atomic E-state index is 0. The van der Waals surface area contributed by atoms with Gasteiger partial charge in [0.25, 0.3) is 0 Å². The van der Waals surface area contributed by atoms with E-state index in [9.17, 15) is 0 Å². The quantitative estimate of drug-likeness (QED) is 0.413. The van der Waals surface area contributed by atoms with Crippen LogP contribution in [0.3, 0.4) is 0 Å². The topological polar surface area (TPSA) is 0 Å². The van der Waals surface area contributed by atoms with Crippen LogP contribution >= 0.6 is 9.90 Å². The van der Waals surface area contributed by atoms with Crippen molar-refractivity contribution in [3.05, 3.63) is 0 Å². The van der Waals surface area contributed by atoms with Crippen molar-refractivity contribution >= 4 is 45.3 Å². The summed E-state index contributed by atoms with van der Waals surface area (Å²) in [7, 11) is 0. The van der Waals surface area contributed by atoms with Crippen LogP contribution in [0.4, 0.5) is 0 Å². The zero-order valence-corrected chi connectivity index (χ0v) is 7.30. The van der Waals surface area contributed by atoms with Crippen LogP contribution in [0.5, 0.6) is 0 Å². The Morgan fingerprint density at radius 1 is 1.00 bits per heavy atom. The fourth-order valence-corrected chi connectivity index (χ4v) is 0. The third-order valence-electron chi connectivity index (χ3n) is 0. The van der Waals surface area contributed by atoms with Gasteiger partial charge in [-0.15, -0.1) is 0 Å². The summed E-state index contributed by atoms with van der Waals surface area (Å²) in [4.78, 5) is 0. The normalized spacial score (nSPS) is 0. The van der Waals surface area contributed by atoms with Crippen molar-refractivity contribution in [1.82, 2.24) is 0 Å². The molecule has 0 aliphatic heterocycles. The molecule has 0 aliphatic rings. The molecule has 0 aromatic rings. The zero-order valence-electron chi connectivity index (χ0n) is 1.75. The Kier molecular flexibility index (Phi) is 190. The molecule has 4 heteroatoms. The van der Waals surface area contributed by atoms with E-state index < -0.39 is 0 Å². The molecule has 0 heterocycles. The second kappa shape index (κ2) is 20.1. The second-order valence-electron chi connectivity index (χ2n) is 0. The van der Waals surface area contributed by atoms with Crippen LogP contribution in [-0.2, 0) is 17.1 Å². The smallest absolute Gasteiger partial charge is 0 e. The molecule has 0 nitrogen and oxygen atoms in total. The summed E-state index contributed by atoms with van der Waals surface area (Å²) < 4.78 is 0. The molecule has 22 valence electrons. The van der Waals surface area contributed by atoms with Crippen molar-refractivity contribution in [2.24, 2.45) is 0 Å². The van der Waals surface area contributed by atoms with Crippen LogP contribution in [-0.4, -0.2) is 35.4 Å². The van der Waals surface area contributed by atoms with Crippen molar-refractivity contribution < 1.29 is 17.1 Å². The van der Waals surface area contributed by atoms with E-state index in [0.717, 1.165) is 0 Å². The Morgan fingerprint density at radius 2 is 1.00 bits per heavy atom. The minimum Gasteiger partial charge on any atom is 0 e. The molecular weight excluding hydrogens is 237 g/mol. The summed E-state index contributed by atoms with van der Waals surface area (Å²) in [5.74, 6) is 0. The molecule has 0 aliphatic carbocycles. The molecule has 0 aromatic heterocycles. The van der Waals surface area contributed by atoms with Gasteiger partial charge in [0, 0.05) is 62.4 Å². The summed E-state index contributed by atoms with van der Waals surface area (Å²) in [6, 6.07) is 0. The fourth-order valence-electron chi connectivity index (χ4n) is 0. The Balaban J connectivity index is 0. The number of rotatable bonds is 0. The monoisotopic (exact) mass is 236 g/mol. The molecule has 0 unspecified atom stereocenters. The van der Waals surface area contributed by atoms with Gasteiger partial charge in [-0.1, -0.05) is 0 Å². The van der Waals surface area contributed by atoms with Gasteiger partial charge in [0.15, 0.2) is 0 Å². The summed E-state index contributed by atoms with van der Waals surface area (Å²) in [5.41, 5.74) is 0. The van der Waals surface area contributed by atoms with E-state index in [1.807, 2.05) is 0 Å². The van der Waals surface area contributed by atoms with E-state index in [4.69, 9.17) is 0 Å². The van der Waals surface area contributed by atoms with E-state index in [0.29, 0.717) is 0 Å². The van der Waals surface area contributed by atoms with Gasteiger partial charge in [-0.25, -0.2) is 0 Å². The van der Waals surface area contributed by atoms with Crippen LogP contribution in [0.2, 0.25) is 0 Å². The molecule has 0 atom stereocenters. The average Bonchev–Trinajstić information content (AvgIpc) is 0. The largest absolute Gasteiger partial charge is 0 e. The molecule has 4 heavy (non-hydrogen) atoms. The van der Waals surface area contributed by atoms with Crippen LogP contribution < -0.4 is 0 Å². The maximum atomic E-state index is 0. The molecular formula is FePSbSi. The van der Waals surface area contributed by atoms with Gasteiger partial charge >= 0.3 is 0 Å². The van der Waals surface area contributed by atoms with Gasteiger partial charge in [-0.05, 0) is 0 Å². The predicted molar refractivity (Wildman–Crippen MR) is 18.4 cm³/mol. The molecule has 0 saturated carbocycles. The Morgan fingerprint density at radius 3 is 1.00 bits per heavy atom. The van der Waals surface area contributed by atoms with E-state index >= 15 is 0 Å². The second-order valence-corrected chi connectivity index (χ2v) is 0. The van der Waals surface area contributed by atoms with Gasteiger partial charge in [0.2, 0.25) is 0 Å². The third kappa shape index (κ3) is 9.01. The molecule has 0 bridgehead atoms. The van der Waals surface area contributed by atoms with Crippen molar-refractivity contribution in [3.63, 3.8) is 0 Å². The van der Waals surface area contributed by atoms with Crippen molar-refractivity contribution in [3.8, 4) is 0 Å².